The molecule has 1 atom stereocenters. The minimum Gasteiger partial charge on any atom is -0.397 e. The zero-order valence-electron chi connectivity index (χ0n) is 10.9. The number of hydrogen-bond acceptors (Lipinski definition) is 4. The molecular weight excluding hydrogens is 271 g/mol. The number of halogens is 3. The molecule has 3 N–H and O–H groups in total. The van der Waals surface area contributed by atoms with Crippen molar-refractivity contribution in [2.75, 3.05) is 11.1 Å². The molecule has 0 bridgehead atoms. The SMILES string of the molecule is CC(Nc1ccc(C(F)(F)F)cc1N)c1nncn1C. The number of nitrogens with zero attached hydrogens (tertiary/aromatic N) is 3. The van der Waals surface area contributed by atoms with Crippen molar-refractivity contribution in [3.63, 3.8) is 0 Å². The van der Waals surface area contributed by atoms with Gasteiger partial charge in [-0.25, -0.2) is 0 Å². The summed E-state index contributed by atoms with van der Waals surface area (Å²) in [4.78, 5) is 0. The minimum absolute atomic E-state index is 0.0360. The molecule has 1 unspecified atom stereocenters. The van der Waals surface area contributed by atoms with Gasteiger partial charge in [-0.3, -0.25) is 0 Å². The number of nitrogen functional groups attached to an aromatic ring is 1. The van der Waals surface area contributed by atoms with Gasteiger partial charge in [0, 0.05) is 7.05 Å². The third-order valence-electron chi connectivity index (χ3n) is 2.88. The molecule has 0 aliphatic carbocycles. The Labute approximate surface area is 113 Å². The average Bonchev–Trinajstić information content (AvgIpc) is 2.76. The molecular formula is C12H14F3N5. The van der Waals surface area contributed by atoms with Crippen LogP contribution >= 0.6 is 0 Å². The van der Waals surface area contributed by atoms with Crippen LogP contribution in [-0.2, 0) is 13.2 Å². The molecule has 1 heterocycles. The first-order chi connectivity index (χ1) is 9.29. The lowest BCUT2D eigenvalue weighted by atomic mass is 10.1. The van der Waals surface area contributed by atoms with Crippen LogP contribution in [0.2, 0.25) is 0 Å². The van der Waals surface area contributed by atoms with Gasteiger partial charge in [-0.05, 0) is 25.1 Å². The summed E-state index contributed by atoms with van der Waals surface area (Å²) in [5, 5.41) is 10.7. The molecule has 0 saturated carbocycles. The summed E-state index contributed by atoms with van der Waals surface area (Å²) < 4.78 is 39.3. The summed E-state index contributed by atoms with van der Waals surface area (Å²) in [5.41, 5.74) is 5.34. The van der Waals surface area contributed by atoms with Crippen molar-refractivity contribution >= 4 is 11.4 Å². The van der Waals surface area contributed by atoms with E-state index >= 15 is 0 Å². The lowest BCUT2D eigenvalue weighted by molar-refractivity contribution is -0.137. The fourth-order valence-corrected chi connectivity index (χ4v) is 1.85. The molecule has 0 aliphatic heterocycles. The predicted molar refractivity (Wildman–Crippen MR) is 68.9 cm³/mol. The van der Waals surface area contributed by atoms with Crippen LogP contribution in [-0.4, -0.2) is 14.8 Å². The second kappa shape index (κ2) is 5.03. The summed E-state index contributed by atoms with van der Waals surface area (Å²) in [6, 6.07) is 2.97. The maximum absolute atomic E-state index is 12.5. The van der Waals surface area contributed by atoms with Crippen LogP contribution in [0, 0.1) is 0 Å². The first-order valence-corrected chi connectivity index (χ1v) is 5.86. The first kappa shape index (κ1) is 14.2. The van der Waals surface area contributed by atoms with E-state index in [2.05, 4.69) is 15.5 Å². The lowest BCUT2D eigenvalue weighted by Crippen LogP contribution is -2.14. The van der Waals surface area contributed by atoms with Crippen LogP contribution in [0.4, 0.5) is 24.5 Å². The molecule has 2 rings (SSSR count). The fraction of sp³-hybridized carbons (Fsp3) is 0.333. The monoisotopic (exact) mass is 285 g/mol. The first-order valence-electron chi connectivity index (χ1n) is 5.86. The smallest absolute Gasteiger partial charge is 0.397 e. The van der Waals surface area contributed by atoms with E-state index in [1.165, 1.54) is 6.07 Å². The third-order valence-corrected chi connectivity index (χ3v) is 2.88. The van der Waals surface area contributed by atoms with Crippen molar-refractivity contribution in [2.45, 2.75) is 19.1 Å². The fourth-order valence-electron chi connectivity index (χ4n) is 1.85. The Morgan fingerprint density at radius 1 is 1.35 bits per heavy atom. The molecule has 8 heteroatoms. The number of aryl methyl sites for hydroxylation is 1. The standard InChI is InChI=1S/C12H14F3N5/c1-7(11-19-17-6-20(11)2)18-10-4-3-8(5-9(10)16)12(13,14)15/h3-7,18H,16H2,1-2H3. The van der Waals surface area contributed by atoms with Crippen LogP contribution in [0.1, 0.15) is 24.4 Å². The van der Waals surface area contributed by atoms with Crippen molar-refractivity contribution in [1.29, 1.82) is 0 Å². The topological polar surface area (TPSA) is 68.8 Å². The Balaban J connectivity index is 2.21. The van der Waals surface area contributed by atoms with E-state index in [4.69, 9.17) is 5.73 Å². The van der Waals surface area contributed by atoms with Gasteiger partial charge in [0.1, 0.15) is 6.33 Å². The van der Waals surface area contributed by atoms with Crippen molar-refractivity contribution in [3.05, 3.63) is 35.9 Å². The van der Waals surface area contributed by atoms with Crippen molar-refractivity contribution in [3.8, 4) is 0 Å². The molecule has 0 saturated heterocycles. The number of aromatic nitrogens is 3. The Morgan fingerprint density at radius 3 is 2.55 bits per heavy atom. The number of alkyl halides is 3. The van der Waals surface area contributed by atoms with Crippen LogP contribution in [0.3, 0.4) is 0 Å². The minimum atomic E-state index is -4.40. The van der Waals surface area contributed by atoms with Gasteiger partial charge in [0.2, 0.25) is 0 Å². The normalized spacial score (nSPS) is 13.2. The van der Waals surface area contributed by atoms with E-state index in [-0.39, 0.29) is 11.7 Å². The van der Waals surface area contributed by atoms with Crippen molar-refractivity contribution in [1.82, 2.24) is 14.8 Å². The zero-order valence-corrected chi connectivity index (χ0v) is 10.9. The van der Waals surface area contributed by atoms with Gasteiger partial charge >= 0.3 is 6.18 Å². The molecule has 0 spiro atoms. The molecule has 0 aliphatic rings. The summed E-state index contributed by atoms with van der Waals surface area (Å²) in [6.45, 7) is 1.82. The largest absolute Gasteiger partial charge is 0.416 e. The molecule has 1 aromatic heterocycles. The summed E-state index contributed by atoms with van der Waals surface area (Å²) >= 11 is 0. The Hall–Kier alpha value is -2.25. The number of nitrogens with two attached hydrogens (primary N) is 1. The van der Waals surface area contributed by atoms with Gasteiger partial charge in [-0.1, -0.05) is 0 Å². The number of benzene rings is 1. The van der Waals surface area contributed by atoms with E-state index < -0.39 is 11.7 Å². The predicted octanol–water partition coefficient (Wildman–Crippen LogP) is 2.59. The maximum Gasteiger partial charge on any atom is 0.416 e. The van der Waals surface area contributed by atoms with Gasteiger partial charge in [0.25, 0.3) is 0 Å². The Morgan fingerprint density at radius 2 is 2.05 bits per heavy atom. The summed E-state index contributed by atoms with van der Waals surface area (Å²) in [7, 11) is 1.78. The van der Waals surface area contributed by atoms with Crippen LogP contribution in [0.15, 0.2) is 24.5 Å². The summed E-state index contributed by atoms with van der Waals surface area (Å²) in [6.07, 6.45) is -2.86. The van der Waals surface area contributed by atoms with E-state index in [9.17, 15) is 13.2 Å². The number of nitrogens with one attached hydrogen (secondary N) is 1. The molecule has 20 heavy (non-hydrogen) atoms. The molecule has 108 valence electrons. The zero-order chi connectivity index (χ0) is 14.9. The molecule has 1 aromatic carbocycles. The highest BCUT2D eigenvalue weighted by Crippen LogP contribution is 2.33. The quantitative estimate of drug-likeness (QED) is 0.850. The number of rotatable bonds is 3. The van der Waals surface area contributed by atoms with E-state index in [0.717, 1.165) is 12.1 Å². The van der Waals surface area contributed by atoms with Crippen molar-refractivity contribution in [2.24, 2.45) is 7.05 Å². The lowest BCUT2D eigenvalue weighted by Gasteiger charge is -2.17. The highest BCUT2D eigenvalue weighted by atomic mass is 19.4. The Bertz CT molecular complexity index is 605. The van der Waals surface area contributed by atoms with Crippen LogP contribution in [0.25, 0.3) is 0 Å². The maximum atomic E-state index is 12.5. The average molecular weight is 285 g/mol. The van der Waals surface area contributed by atoms with Crippen LogP contribution < -0.4 is 11.1 Å². The molecule has 5 nitrogen and oxygen atoms in total. The summed E-state index contributed by atoms with van der Waals surface area (Å²) in [5.74, 6) is 0.657. The van der Waals surface area contributed by atoms with Gasteiger partial charge < -0.3 is 15.6 Å². The van der Waals surface area contributed by atoms with Crippen molar-refractivity contribution < 1.29 is 13.2 Å². The highest BCUT2D eigenvalue weighted by molar-refractivity contribution is 5.67. The second-order valence-electron chi connectivity index (χ2n) is 4.47. The molecule has 2 aromatic rings. The number of hydrogen-bond donors (Lipinski definition) is 2. The van der Waals surface area contributed by atoms with E-state index in [1.54, 1.807) is 17.9 Å². The van der Waals surface area contributed by atoms with E-state index in [1.807, 2.05) is 6.92 Å². The Kier molecular flexibility index (Phi) is 3.56. The van der Waals surface area contributed by atoms with Gasteiger partial charge in [-0.15, -0.1) is 10.2 Å². The number of anilines is 2. The van der Waals surface area contributed by atoms with Gasteiger partial charge in [0.15, 0.2) is 5.82 Å². The van der Waals surface area contributed by atoms with Gasteiger partial charge in [0.05, 0.1) is 23.0 Å². The second-order valence-corrected chi connectivity index (χ2v) is 4.47. The van der Waals surface area contributed by atoms with Crippen LogP contribution in [0.5, 0.6) is 0 Å². The van der Waals surface area contributed by atoms with E-state index in [0.29, 0.717) is 11.5 Å². The molecule has 0 fully saturated rings. The molecule has 0 amide bonds. The van der Waals surface area contributed by atoms with Gasteiger partial charge in [-0.2, -0.15) is 13.2 Å². The third kappa shape index (κ3) is 2.84. The molecule has 0 radical (unpaired) electrons. The highest BCUT2D eigenvalue weighted by Gasteiger charge is 2.30.